The Kier molecular flexibility index (Phi) is 4.89. The number of alkyl halides is 3. The predicted octanol–water partition coefficient (Wildman–Crippen LogP) is 3.11. The van der Waals surface area contributed by atoms with Gasteiger partial charge in [-0.1, -0.05) is 0 Å². The van der Waals surface area contributed by atoms with E-state index >= 15 is 0 Å². The van der Waals surface area contributed by atoms with E-state index in [1.165, 1.54) is 0 Å². The van der Waals surface area contributed by atoms with Gasteiger partial charge in [-0.05, 0) is 52.9 Å². The Labute approximate surface area is 137 Å². The van der Waals surface area contributed by atoms with Crippen molar-refractivity contribution in [3.63, 3.8) is 0 Å². The number of hydrogen-bond donors (Lipinski definition) is 1. The number of benzene rings is 1. The van der Waals surface area contributed by atoms with E-state index in [1.807, 2.05) is 0 Å². The van der Waals surface area contributed by atoms with Crippen LogP contribution in [0.1, 0.15) is 5.56 Å². The van der Waals surface area contributed by atoms with Crippen molar-refractivity contribution in [1.29, 1.82) is 0 Å². The number of nitrogens with zero attached hydrogens (tertiary/aromatic N) is 1. The van der Waals surface area contributed by atoms with Gasteiger partial charge in [0.1, 0.15) is 6.54 Å². The Hall–Kier alpha value is -1.84. The molecule has 0 fully saturated rings. The molecule has 22 heavy (non-hydrogen) atoms. The summed E-state index contributed by atoms with van der Waals surface area (Å²) in [6.07, 6.45) is -3.93. The number of aromatic nitrogens is 1. The minimum Gasteiger partial charge on any atom is -0.325 e. The fraction of sp³-hybridized carbons (Fsp3) is 0.143. The maximum atomic E-state index is 12.6. The lowest BCUT2D eigenvalue weighted by Crippen LogP contribution is -2.28. The van der Waals surface area contributed by atoms with Gasteiger partial charge in [-0.15, -0.1) is 0 Å². The molecule has 0 aliphatic heterocycles. The SMILES string of the molecule is O=C(Cn1cc(C(F)(F)F)ccc1=O)Nc1ccc(I)cc1. The van der Waals surface area contributed by atoms with Crippen molar-refractivity contribution >= 4 is 34.2 Å². The molecule has 0 atom stereocenters. The van der Waals surface area contributed by atoms with Crippen LogP contribution in [-0.4, -0.2) is 10.5 Å². The van der Waals surface area contributed by atoms with Crippen molar-refractivity contribution in [3.05, 3.63) is 62.1 Å². The molecule has 1 N–H and O–H groups in total. The number of carbonyl (C=O) groups is 1. The van der Waals surface area contributed by atoms with Gasteiger partial charge in [0.15, 0.2) is 0 Å². The molecule has 4 nitrogen and oxygen atoms in total. The molecule has 1 amide bonds. The zero-order valence-electron chi connectivity index (χ0n) is 11.0. The van der Waals surface area contributed by atoms with Gasteiger partial charge in [-0.3, -0.25) is 9.59 Å². The Balaban J connectivity index is 2.14. The molecule has 0 bridgehead atoms. The summed E-state index contributed by atoms with van der Waals surface area (Å²) >= 11 is 2.10. The second kappa shape index (κ2) is 6.51. The van der Waals surface area contributed by atoms with Crippen LogP contribution in [0.5, 0.6) is 0 Å². The van der Waals surface area contributed by atoms with Gasteiger partial charge in [0, 0.05) is 21.5 Å². The topological polar surface area (TPSA) is 51.1 Å². The van der Waals surface area contributed by atoms with Crippen molar-refractivity contribution in [2.75, 3.05) is 5.32 Å². The van der Waals surface area contributed by atoms with Crippen LogP contribution in [0, 0.1) is 3.57 Å². The van der Waals surface area contributed by atoms with Crippen LogP contribution >= 0.6 is 22.6 Å². The number of hydrogen-bond acceptors (Lipinski definition) is 2. The predicted molar refractivity (Wildman–Crippen MR) is 83.5 cm³/mol. The largest absolute Gasteiger partial charge is 0.417 e. The smallest absolute Gasteiger partial charge is 0.325 e. The molecule has 0 radical (unpaired) electrons. The number of pyridine rings is 1. The van der Waals surface area contributed by atoms with Crippen molar-refractivity contribution < 1.29 is 18.0 Å². The zero-order chi connectivity index (χ0) is 16.3. The first kappa shape index (κ1) is 16.5. The summed E-state index contributed by atoms with van der Waals surface area (Å²) in [6.45, 7) is -0.491. The maximum absolute atomic E-state index is 12.6. The van der Waals surface area contributed by atoms with Crippen molar-refractivity contribution in [1.82, 2.24) is 4.57 Å². The van der Waals surface area contributed by atoms with E-state index in [-0.39, 0.29) is 0 Å². The molecule has 1 aromatic heterocycles. The monoisotopic (exact) mass is 422 g/mol. The molecule has 0 aliphatic carbocycles. The first-order chi connectivity index (χ1) is 10.3. The molecule has 0 unspecified atom stereocenters. The van der Waals surface area contributed by atoms with Gasteiger partial charge in [0.05, 0.1) is 5.56 Å². The van der Waals surface area contributed by atoms with Crippen LogP contribution in [0.3, 0.4) is 0 Å². The molecule has 0 spiro atoms. The van der Waals surface area contributed by atoms with Crippen molar-refractivity contribution in [2.24, 2.45) is 0 Å². The van der Waals surface area contributed by atoms with E-state index in [1.54, 1.807) is 24.3 Å². The number of rotatable bonds is 3. The van der Waals surface area contributed by atoms with E-state index < -0.39 is 29.8 Å². The minimum absolute atomic E-state index is 0.491. The summed E-state index contributed by atoms with van der Waals surface area (Å²) < 4.78 is 39.5. The van der Waals surface area contributed by atoms with E-state index in [0.717, 1.165) is 14.2 Å². The number of amides is 1. The molecule has 1 aromatic carbocycles. The highest BCUT2D eigenvalue weighted by molar-refractivity contribution is 14.1. The average Bonchev–Trinajstić information content (AvgIpc) is 2.42. The summed E-state index contributed by atoms with van der Waals surface area (Å²) in [4.78, 5) is 23.4. The van der Waals surface area contributed by atoms with Crippen LogP contribution in [0.25, 0.3) is 0 Å². The van der Waals surface area contributed by atoms with E-state index in [4.69, 9.17) is 0 Å². The normalized spacial score (nSPS) is 11.3. The highest BCUT2D eigenvalue weighted by Crippen LogP contribution is 2.27. The first-order valence-corrected chi connectivity index (χ1v) is 7.17. The summed E-state index contributed by atoms with van der Waals surface area (Å²) in [5.41, 5.74) is -1.15. The molecular weight excluding hydrogens is 412 g/mol. The highest BCUT2D eigenvalue weighted by Gasteiger charge is 2.31. The lowest BCUT2D eigenvalue weighted by atomic mass is 10.2. The Morgan fingerprint density at radius 1 is 1.14 bits per heavy atom. The summed E-state index contributed by atoms with van der Waals surface area (Å²) in [5.74, 6) is -0.581. The van der Waals surface area contributed by atoms with Crippen LogP contribution in [0.2, 0.25) is 0 Å². The first-order valence-electron chi connectivity index (χ1n) is 6.09. The standard InChI is InChI=1S/C14H10F3IN2O2/c15-14(16,17)9-1-6-13(22)20(7-9)8-12(21)19-11-4-2-10(18)3-5-11/h1-7H,8H2,(H,19,21). The number of nitrogens with one attached hydrogen (secondary N) is 1. The third kappa shape index (κ3) is 4.33. The average molecular weight is 422 g/mol. The molecule has 2 aromatic rings. The molecular formula is C14H10F3IN2O2. The molecule has 1 heterocycles. The summed E-state index contributed by atoms with van der Waals surface area (Å²) in [7, 11) is 0. The number of anilines is 1. The van der Waals surface area contributed by atoms with Crippen LogP contribution in [0.15, 0.2) is 47.4 Å². The fourth-order valence-electron chi connectivity index (χ4n) is 1.71. The van der Waals surface area contributed by atoms with Crippen molar-refractivity contribution in [2.45, 2.75) is 12.7 Å². The van der Waals surface area contributed by atoms with Crippen LogP contribution < -0.4 is 10.9 Å². The Bertz CT molecular complexity index is 739. The third-order valence-corrected chi connectivity index (χ3v) is 3.47. The van der Waals surface area contributed by atoms with Gasteiger partial charge in [-0.25, -0.2) is 0 Å². The summed E-state index contributed by atoms with van der Waals surface area (Å²) in [5, 5.41) is 2.52. The second-order valence-electron chi connectivity index (χ2n) is 4.44. The quantitative estimate of drug-likeness (QED) is 0.774. The number of carbonyl (C=O) groups excluding carboxylic acids is 1. The number of halogens is 4. The minimum atomic E-state index is -4.57. The van der Waals surface area contributed by atoms with Crippen molar-refractivity contribution in [3.8, 4) is 0 Å². The fourth-order valence-corrected chi connectivity index (χ4v) is 2.07. The maximum Gasteiger partial charge on any atom is 0.417 e. The third-order valence-electron chi connectivity index (χ3n) is 2.75. The van der Waals surface area contributed by atoms with Gasteiger partial charge < -0.3 is 9.88 Å². The van der Waals surface area contributed by atoms with Crippen LogP contribution in [-0.2, 0) is 17.5 Å². The van der Waals surface area contributed by atoms with Gasteiger partial charge in [-0.2, -0.15) is 13.2 Å². The van der Waals surface area contributed by atoms with E-state index in [0.29, 0.717) is 18.0 Å². The van der Waals surface area contributed by atoms with E-state index in [9.17, 15) is 22.8 Å². The lowest BCUT2D eigenvalue weighted by Gasteiger charge is -2.11. The van der Waals surface area contributed by atoms with Gasteiger partial charge >= 0.3 is 6.18 Å². The Morgan fingerprint density at radius 2 is 1.77 bits per heavy atom. The van der Waals surface area contributed by atoms with Gasteiger partial charge in [0.25, 0.3) is 5.56 Å². The molecule has 116 valence electrons. The second-order valence-corrected chi connectivity index (χ2v) is 5.68. The molecule has 2 rings (SSSR count). The zero-order valence-corrected chi connectivity index (χ0v) is 13.2. The van der Waals surface area contributed by atoms with Crippen LogP contribution in [0.4, 0.5) is 18.9 Å². The molecule has 0 saturated carbocycles. The van der Waals surface area contributed by atoms with E-state index in [2.05, 4.69) is 27.9 Å². The molecule has 0 aliphatic rings. The lowest BCUT2D eigenvalue weighted by molar-refractivity contribution is -0.138. The van der Waals surface area contributed by atoms with Gasteiger partial charge in [0.2, 0.25) is 5.91 Å². The Morgan fingerprint density at radius 3 is 2.36 bits per heavy atom. The summed E-state index contributed by atoms with van der Waals surface area (Å²) in [6, 6.07) is 8.35. The highest BCUT2D eigenvalue weighted by atomic mass is 127. The molecule has 0 saturated heterocycles. The molecule has 8 heteroatoms.